The van der Waals surface area contributed by atoms with Crippen molar-refractivity contribution in [3.63, 3.8) is 0 Å². The summed E-state index contributed by atoms with van der Waals surface area (Å²) in [6.07, 6.45) is 0. The van der Waals surface area contributed by atoms with Gasteiger partial charge in [0.15, 0.2) is 0 Å². The third-order valence-corrected chi connectivity index (χ3v) is 0.760. The molecule has 0 spiro atoms. The van der Waals surface area contributed by atoms with Crippen LogP contribution < -0.4 is 0 Å². The molecule has 7 heavy (non-hydrogen) atoms. The lowest BCUT2D eigenvalue weighted by Gasteiger charge is -1.97. The molecule has 0 radical (unpaired) electrons. The highest BCUT2D eigenvalue weighted by molar-refractivity contribution is 9.09. The normalized spacial score (nSPS) is 9.00. The molecule has 0 saturated heterocycles. The molecule has 0 saturated carbocycles. The van der Waals surface area contributed by atoms with Crippen molar-refractivity contribution in [1.82, 2.24) is 0 Å². The van der Waals surface area contributed by atoms with Crippen LogP contribution in [-0.4, -0.2) is 24.1 Å². The van der Waals surface area contributed by atoms with Gasteiger partial charge in [0.05, 0.1) is 0 Å². The van der Waals surface area contributed by atoms with E-state index in [0.717, 1.165) is 5.33 Å². The van der Waals surface area contributed by atoms with Gasteiger partial charge in [0, 0.05) is 11.9 Å². The van der Waals surface area contributed by atoms with Crippen molar-refractivity contribution in [3.8, 4) is 0 Å². The van der Waals surface area contributed by atoms with E-state index >= 15 is 0 Å². The maximum Gasteiger partial charge on any atom is 0.450 e. The van der Waals surface area contributed by atoms with Gasteiger partial charge in [0.1, 0.15) is 0 Å². The van der Waals surface area contributed by atoms with Gasteiger partial charge in [-0.15, -0.1) is 0 Å². The molecule has 0 aliphatic carbocycles. The van der Waals surface area contributed by atoms with Crippen LogP contribution in [0, 0.1) is 0 Å². The van der Waals surface area contributed by atoms with Crippen LogP contribution in [0.2, 0.25) is 6.82 Å². The summed E-state index contributed by atoms with van der Waals surface area (Å²) in [4.78, 5) is 0. The molecule has 42 valence electrons. The monoisotopic (exact) mass is 166 g/mol. The second-order valence-corrected chi connectivity index (χ2v) is 1.95. The minimum atomic E-state index is -0.627. The molecular formula is C3H8BBrO2. The number of hydrogen-bond donors (Lipinski definition) is 1. The third-order valence-electron chi connectivity index (χ3n) is 0.436. The molecular weight excluding hydrogens is 159 g/mol. The molecule has 2 nitrogen and oxygen atoms in total. The number of rotatable bonds is 3. The molecule has 0 aromatic carbocycles. The highest BCUT2D eigenvalue weighted by Crippen LogP contribution is 1.82. The van der Waals surface area contributed by atoms with Crippen molar-refractivity contribution in [3.05, 3.63) is 0 Å². The Morgan fingerprint density at radius 3 is 2.57 bits per heavy atom. The quantitative estimate of drug-likeness (QED) is 0.489. The molecule has 0 aliphatic heterocycles. The second kappa shape index (κ2) is 4.62. The van der Waals surface area contributed by atoms with Crippen LogP contribution >= 0.6 is 15.9 Å². The van der Waals surface area contributed by atoms with Gasteiger partial charge >= 0.3 is 7.12 Å². The first-order valence-corrected chi connectivity index (χ1v) is 3.25. The molecule has 0 heterocycles. The van der Waals surface area contributed by atoms with Crippen LogP contribution in [0.1, 0.15) is 0 Å². The summed E-state index contributed by atoms with van der Waals surface area (Å²) in [6, 6.07) is 0. The van der Waals surface area contributed by atoms with Crippen LogP contribution in [0.15, 0.2) is 0 Å². The molecule has 0 fully saturated rings. The van der Waals surface area contributed by atoms with E-state index in [1.807, 2.05) is 0 Å². The van der Waals surface area contributed by atoms with E-state index in [1.54, 1.807) is 6.82 Å². The molecule has 0 aromatic heterocycles. The maximum atomic E-state index is 8.44. The zero-order chi connectivity index (χ0) is 5.70. The Morgan fingerprint density at radius 1 is 1.86 bits per heavy atom. The molecule has 0 bridgehead atoms. The van der Waals surface area contributed by atoms with Crippen LogP contribution in [0.3, 0.4) is 0 Å². The standard InChI is InChI=1S/C3H8BBrO2/c1-4(6)7-3-2-5/h6H,2-3H2,1H3. The Morgan fingerprint density at radius 2 is 2.43 bits per heavy atom. The van der Waals surface area contributed by atoms with Gasteiger partial charge in [0.2, 0.25) is 0 Å². The summed E-state index contributed by atoms with van der Waals surface area (Å²) >= 11 is 3.14. The SMILES string of the molecule is CB(O)OCCBr. The van der Waals surface area contributed by atoms with E-state index in [9.17, 15) is 0 Å². The summed E-state index contributed by atoms with van der Waals surface area (Å²) in [7, 11) is -0.627. The highest BCUT2D eigenvalue weighted by atomic mass is 79.9. The third kappa shape index (κ3) is 6.46. The summed E-state index contributed by atoms with van der Waals surface area (Å²) < 4.78 is 4.70. The number of alkyl halides is 1. The van der Waals surface area contributed by atoms with Crippen LogP contribution in [0.5, 0.6) is 0 Å². The fraction of sp³-hybridized carbons (Fsp3) is 1.00. The fourth-order valence-electron chi connectivity index (χ4n) is 0.215. The summed E-state index contributed by atoms with van der Waals surface area (Å²) in [5, 5.41) is 9.22. The Labute approximate surface area is 52.1 Å². The van der Waals surface area contributed by atoms with E-state index in [1.165, 1.54) is 0 Å². The van der Waals surface area contributed by atoms with E-state index in [-0.39, 0.29) is 0 Å². The van der Waals surface area contributed by atoms with Crippen LogP contribution in [0.25, 0.3) is 0 Å². The molecule has 0 aliphatic rings. The van der Waals surface area contributed by atoms with E-state index < -0.39 is 7.12 Å². The highest BCUT2D eigenvalue weighted by Gasteiger charge is 1.99. The lowest BCUT2D eigenvalue weighted by atomic mass is 9.97. The molecule has 0 aromatic rings. The summed E-state index contributed by atoms with van der Waals surface area (Å²) in [5.41, 5.74) is 0. The van der Waals surface area contributed by atoms with E-state index in [0.29, 0.717) is 6.61 Å². The van der Waals surface area contributed by atoms with Crippen molar-refractivity contribution in [2.75, 3.05) is 11.9 Å². The minimum absolute atomic E-state index is 0.567. The largest absolute Gasteiger partial charge is 0.450 e. The topological polar surface area (TPSA) is 29.5 Å². The first-order chi connectivity index (χ1) is 3.27. The van der Waals surface area contributed by atoms with E-state index in [4.69, 9.17) is 9.68 Å². The molecule has 0 rings (SSSR count). The van der Waals surface area contributed by atoms with Crippen LogP contribution in [0.4, 0.5) is 0 Å². The zero-order valence-electron chi connectivity index (χ0n) is 4.22. The van der Waals surface area contributed by atoms with Gasteiger partial charge in [-0.05, 0) is 6.82 Å². The Bertz CT molecular complexity index is 41.9. The van der Waals surface area contributed by atoms with Gasteiger partial charge in [-0.3, -0.25) is 0 Å². The van der Waals surface area contributed by atoms with Crippen molar-refractivity contribution >= 4 is 23.0 Å². The van der Waals surface area contributed by atoms with Gasteiger partial charge in [-0.25, -0.2) is 0 Å². The van der Waals surface area contributed by atoms with Crippen molar-refractivity contribution in [1.29, 1.82) is 0 Å². The van der Waals surface area contributed by atoms with E-state index in [2.05, 4.69) is 15.9 Å². The number of hydrogen-bond acceptors (Lipinski definition) is 2. The van der Waals surface area contributed by atoms with Crippen molar-refractivity contribution < 1.29 is 9.68 Å². The average Bonchev–Trinajstić information content (AvgIpc) is 1.61. The zero-order valence-corrected chi connectivity index (χ0v) is 5.81. The van der Waals surface area contributed by atoms with Crippen molar-refractivity contribution in [2.45, 2.75) is 6.82 Å². The predicted octanol–water partition coefficient (Wildman–Crippen LogP) is 0.508. The molecule has 0 amide bonds. The Kier molecular flexibility index (Phi) is 4.93. The predicted molar refractivity (Wildman–Crippen MR) is 33.6 cm³/mol. The lowest BCUT2D eigenvalue weighted by molar-refractivity contribution is 0.285. The number of halogens is 1. The summed E-state index contributed by atoms with van der Waals surface area (Å²) in [5.74, 6) is 0. The van der Waals surface area contributed by atoms with Crippen molar-refractivity contribution in [2.24, 2.45) is 0 Å². The van der Waals surface area contributed by atoms with Crippen LogP contribution in [-0.2, 0) is 4.65 Å². The second-order valence-electron chi connectivity index (χ2n) is 1.16. The first-order valence-electron chi connectivity index (χ1n) is 2.13. The fourth-order valence-corrected chi connectivity index (χ4v) is 0.402. The minimum Gasteiger partial charge on any atom is -0.427 e. The van der Waals surface area contributed by atoms with Gasteiger partial charge in [0.25, 0.3) is 0 Å². The molecule has 4 heteroatoms. The smallest absolute Gasteiger partial charge is 0.427 e. The van der Waals surface area contributed by atoms with Gasteiger partial charge in [-0.1, -0.05) is 15.9 Å². The molecule has 1 N–H and O–H groups in total. The summed E-state index contributed by atoms with van der Waals surface area (Å²) in [6.45, 7) is 2.15. The van der Waals surface area contributed by atoms with Gasteiger partial charge < -0.3 is 9.68 Å². The molecule has 0 unspecified atom stereocenters. The maximum absolute atomic E-state index is 8.44. The first kappa shape index (κ1) is 7.46. The van der Waals surface area contributed by atoms with Gasteiger partial charge in [-0.2, -0.15) is 0 Å². The Balaban J connectivity index is 2.68. The average molecular weight is 167 g/mol. The molecule has 0 atom stereocenters. The lowest BCUT2D eigenvalue weighted by Crippen LogP contribution is -2.13. The Hall–Kier alpha value is 0.465.